The standard InChI is InChI=1S/C12H8BrClN4O/c1-19-9-3-2-7(4-8(9)13)12-17-16-11-5-10(14)15-6-18(11)12/h2-6H,1H3. The van der Waals surface area contributed by atoms with Crippen LogP contribution in [0.1, 0.15) is 0 Å². The smallest absolute Gasteiger partial charge is 0.169 e. The van der Waals surface area contributed by atoms with Crippen molar-refractivity contribution in [3.05, 3.63) is 40.2 Å². The van der Waals surface area contributed by atoms with E-state index in [0.29, 0.717) is 16.6 Å². The van der Waals surface area contributed by atoms with Crippen LogP contribution in [0.4, 0.5) is 0 Å². The van der Waals surface area contributed by atoms with Crippen molar-refractivity contribution in [1.82, 2.24) is 19.6 Å². The van der Waals surface area contributed by atoms with Gasteiger partial charge in [-0.1, -0.05) is 11.6 Å². The van der Waals surface area contributed by atoms with Gasteiger partial charge in [0, 0.05) is 11.6 Å². The molecule has 7 heteroatoms. The molecule has 0 unspecified atom stereocenters. The minimum atomic E-state index is 0.391. The Labute approximate surface area is 122 Å². The first-order valence-corrected chi connectivity index (χ1v) is 6.56. The first kappa shape index (κ1) is 12.4. The molecule has 0 bridgehead atoms. The van der Waals surface area contributed by atoms with Crippen molar-refractivity contribution in [3.63, 3.8) is 0 Å². The Balaban J connectivity index is 2.16. The number of hydrogen-bond donors (Lipinski definition) is 0. The summed E-state index contributed by atoms with van der Waals surface area (Å²) in [5.41, 5.74) is 1.56. The number of fused-ring (bicyclic) bond motifs is 1. The molecule has 0 saturated carbocycles. The molecule has 3 aromatic rings. The number of aromatic nitrogens is 4. The second-order valence-corrected chi connectivity index (χ2v) is 5.05. The van der Waals surface area contributed by atoms with Crippen molar-refractivity contribution >= 4 is 33.2 Å². The highest BCUT2D eigenvalue weighted by molar-refractivity contribution is 9.10. The van der Waals surface area contributed by atoms with E-state index in [9.17, 15) is 0 Å². The van der Waals surface area contributed by atoms with Crippen molar-refractivity contribution in [1.29, 1.82) is 0 Å². The first-order chi connectivity index (χ1) is 9.19. The molecule has 0 radical (unpaired) electrons. The fourth-order valence-corrected chi connectivity index (χ4v) is 2.46. The van der Waals surface area contributed by atoms with Gasteiger partial charge in [-0.15, -0.1) is 10.2 Å². The van der Waals surface area contributed by atoms with Crippen LogP contribution in [0.15, 0.2) is 35.1 Å². The maximum atomic E-state index is 5.82. The molecule has 0 saturated heterocycles. The second-order valence-electron chi connectivity index (χ2n) is 3.81. The predicted octanol–water partition coefficient (Wildman–Crippen LogP) is 3.22. The maximum Gasteiger partial charge on any atom is 0.169 e. The van der Waals surface area contributed by atoms with Crippen LogP contribution < -0.4 is 4.74 Å². The third kappa shape index (κ3) is 2.17. The summed E-state index contributed by atoms with van der Waals surface area (Å²) in [6.07, 6.45) is 1.60. The van der Waals surface area contributed by atoms with E-state index in [1.807, 2.05) is 18.2 Å². The lowest BCUT2D eigenvalue weighted by Crippen LogP contribution is -1.92. The van der Waals surface area contributed by atoms with Gasteiger partial charge in [-0.25, -0.2) is 4.98 Å². The third-order valence-corrected chi connectivity index (χ3v) is 3.50. The molecule has 1 aromatic carbocycles. The van der Waals surface area contributed by atoms with Gasteiger partial charge in [0.15, 0.2) is 11.5 Å². The molecule has 0 aliphatic rings. The van der Waals surface area contributed by atoms with Crippen LogP contribution in [0, 0.1) is 0 Å². The third-order valence-electron chi connectivity index (χ3n) is 2.68. The number of methoxy groups -OCH3 is 1. The minimum absolute atomic E-state index is 0.391. The van der Waals surface area contributed by atoms with Gasteiger partial charge in [-0.05, 0) is 34.1 Å². The van der Waals surface area contributed by atoms with E-state index in [0.717, 1.165) is 15.8 Å². The summed E-state index contributed by atoms with van der Waals surface area (Å²) >= 11 is 9.27. The van der Waals surface area contributed by atoms with Crippen LogP contribution in [-0.4, -0.2) is 26.7 Å². The Kier molecular flexibility index (Phi) is 3.12. The van der Waals surface area contributed by atoms with E-state index < -0.39 is 0 Å². The average Bonchev–Trinajstić information content (AvgIpc) is 2.81. The van der Waals surface area contributed by atoms with Gasteiger partial charge in [0.1, 0.15) is 17.2 Å². The largest absolute Gasteiger partial charge is 0.496 e. The predicted molar refractivity (Wildman–Crippen MR) is 75.5 cm³/mol. The van der Waals surface area contributed by atoms with E-state index in [1.165, 1.54) is 0 Å². The molecule has 5 nitrogen and oxygen atoms in total. The van der Waals surface area contributed by atoms with Crippen LogP contribution in [0.5, 0.6) is 5.75 Å². The molecule has 0 aliphatic carbocycles. The molecule has 19 heavy (non-hydrogen) atoms. The van der Waals surface area contributed by atoms with Crippen LogP contribution in [0.2, 0.25) is 5.15 Å². The summed E-state index contributed by atoms with van der Waals surface area (Å²) in [5.74, 6) is 1.46. The zero-order chi connectivity index (χ0) is 13.4. The zero-order valence-corrected chi connectivity index (χ0v) is 12.2. The summed E-state index contributed by atoms with van der Waals surface area (Å²) in [6, 6.07) is 7.36. The summed E-state index contributed by atoms with van der Waals surface area (Å²) in [6.45, 7) is 0. The highest BCUT2D eigenvalue weighted by Crippen LogP contribution is 2.29. The second kappa shape index (κ2) is 4.79. The highest BCUT2D eigenvalue weighted by atomic mass is 79.9. The molecule has 0 atom stereocenters. The quantitative estimate of drug-likeness (QED) is 0.673. The van der Waals surface area contributed by atoms with Gasteiger partial charge in [0.25, 0.3) is 0 Å². The topological polar surface area (TPSA) is 52.3 Å². The molecule has 0 fully saturated rings. The van der Waals surface area contributed by atoms with Crippen molar-refractivity contribution in [2.75, 3.05) is 7.11 Å². The average molecular weight is 340 g/mol. The molecule has 0 spiro atoms. The summed E-state index contributed by atoms with van der Waals surface area (Å²) in [7, 11) is 1.62. The molecule has 3 rings (SSSR count). The monoisotopic (exact) mass is 338 g/mol. The van der Waals surface area contributed by atoms with Crippen LogP contribution in [0.3, 0.4) is 0 Å². The van der Waals surface area contributed by atoms with E-state index >= 15 is 0 Å². The van der Waals surface area contributed by atoms with E-state index in [4.69, 9.17) is 16.3 Å². The summed E-state index contributed by atoms with van der Waals surface area (Å²) in [5, 5.41) is 8.62. The van der Waals surface area contributed by atoms with Crippen molar-refractivity contribution in [2.24, 2.45) is 0 Å². The van der Waals surface area contributed by atoms with Gasteiger partial charge in [0.2, 0.25) is 0 Å². The van der Waals surface area contributed by atoms with Crippen LogP contribution in [0.25, 0.3) is 17.0 Å². The lowest BCUT2D eigenvalue weighted by Gasteiger charge is -2.05. The highest BCUT2D eigenvalue weighted by Gasteiger charge is 2.10. The molecule has 0 N–H and O–H groups in total. The van der Waals surface area contributed by atoms with Gasteiger partial charge in [-0.3, -0.25) is 4.40 Å². The minimum Gasteiger partial charge on any atom is -0.496 e. The van der Waals surface area contributed by atoms with Gasteiger partial charge < -0.3 is 4.74 Å². The number of ether oxygens (including phenoxy) is 1. The summed E-state index contributed by atoms with van der Waals surface area (Å²) in [4.78, 5) is 4.03. The fourth-order valence-electron chi connectivity index (χ4n) is 1.77. The van der Waals surface area contributed by atoms with E-state index in [-0.39, 0.29) is 0 Å². The molecular formula is C12H8BrClN4O. The van der Waals surface area contributed by atoms with Crippen LogP contribution in [-0.2, 0) is 0 Å². The van der Waals surface area contributed by atoms with E-state index in [2.05, 4.69) is 31.1 Å². The Morgan fingerprint density at radius 2 is 2.11 bits per heavy atom. The number of nitrogens with zero attached hydrogens (tertiary/aromatic N) is 4. The lowest BCUT2D eigenvalue weighted by atomic mass is 10.2. The number of benzene rings is 1. The van der Waals surface area contributed by atoms with E-state index in [1.54, 1.807) is 23.9 Å². The molecule has 0 aliphatic heterocycles. The fraction of sp³-hybridized carbons (Fsp3) is 0.0833. The summed E-state index contributed by atoms with van der Waals surface area (Å²) < 4.78 is 7.83. The molecular weight excluding hydrogens is 332 g/mol. The Morgan fingerprint density at radius 1 is 1.26 bits per heavy atom. The molecule has 2 heterocycles. The molecule has 0 amide bonds. The Bertz CT molecular complexity index is 759. The van der Waals surface area contributed by atoms with Crippen molar-refractivity contribution in [2.45, 2.75) is 0 Å². The van der Waals surface area contributed by atoms with Gasteiger partial charge >= 0.3 is 0 Å². The van der Waals surface area contributed by atoms with Gasteiger partial charge in [-0.2, -0.15) is 0 Å². The van der Waals surface area contributed by atoms with Crippen molar-refractivity contribution in [3.8, 4) is 17.1 Å². The normalized spacial score (nSPS) is 10.9. The Morgan fingerprint density at radius 3 is 2.84 bits per heavy atom. The number of hydrogen-bond acceptors (Lipinski definition) is 4. The van der Waals surface area contributed by atoms with Crippen molar-refractivity contribution < 1.29 is 4.74 Å². The van der Waals surface area contributed by atoms with Gasteiger partial charge in [0.05, 0.1) is 11.6 Å². The first-order valence-electron chi connectivity index (χ1n) is 5.39. The lowest BCUT2D eigenvalue weighted by molar-refractivity contribution is 0.412. The number of rotatable bonds is 2. The molecule has 2 aromatic heterocycles. The molecule has 96 valence electrons. The van der Waals surface area contributed by atoms with Crippen LogP contribution >= 0.6 is 27.5 Å². The SMILES string of the molecule is COc1ccc(-c2nnc3cc(Cl)ncn23)cc1Br. The number of halogens is 2. The Hall–Kier alpha value is -1.66. The zero-order valence-electron chi connectivity index (χ0n) is 9.84. The maximum absolute atomic E-state index is 5.82.